The number of hydrogen-bond acceptors (Lipinski definition) is 4. The Kier molecular flexibility index (Phi) is 3.38. The molecule has 1 aromatic heterocycles. The Balaban J connectivity index is 1.83. The van der Waals surface area contributed by atoms with Crippen molar-refractivity contribution in [2.24, 2.45) is 5.41 Å². The number of aromatic nitrogens is 2. The Morgan fingerprint density at radius 2 is 1.95 bits per heavy atom. The van der Waals surface area contributed by atoms with Gasteiger partial charge in [0.1, 0.15) is 5.69 Å². The summed E-state index contributed by atoms with van der Waals surface area (Å²) in [6.07, 6.45) is 2.31. The molecule has 2 N–H and O–H groups in total. The van der Waals surface area contributed by atoms with Gasteiger partial charge in [0, 0.05) is 32.7 Å². The molecule has 0 radical (unpaired) electrons. The van der Waals surface area contributed by atoms with Crippen LogP contribution < -0.4 is 11.2 Å². The van der Waals surface area contributed by atoms with Crippen LogP contribution in [0.25, 0.3) is 0 Å². The number of aromatic amines is 2. The molecule has 1 atom stereocenters. The van der Waals surface area contributed by atoms with Crippen molar-refractivity contribution in [2.75, 3.05) is 26.7 Å². The van der Waals surface area contributed by atoms with E-state index < -0.39 is 22.6 Å². The lowest BCUT2D eigenvalue weighted by Crippen LogP contribution is -2.48. The average Bonchev–Trinajstić information content (AvgIpc) is 2.88. The second-order valence-electron chi connectivity index (χ2n) is 6.09. The Bertz CT molecular complexity index is 709. The molecule has 2 saturated heterocycles. The van der Waals surface area contributed by atoms with E-state index in [9.17, 15) is 19.2 Å². The highest BCUT2D eigenvalue weighted by Crippen LogP contribution is 2.39. The van der Waals surface area contributed by atoms with Crippen LogP contribution in [0.4, 0.5) is 0 Å². The third-order valence-electron chi connectivity index (χ3n) is 4.58. The summed E-state index contributed by atoms with van der Waals surface area (Å²) in [5.41, 5.74) is -1.88. The van der Waals surface area contributed by atoms with Gasteiger partial charge < -0.3 is 14.8 Å². The van der Waals surface area contributed by atoms with Crippen LogP contribution in [-0.2, 0) is 4.79 Å². The molecule has 22 heavy (non-hydrogen) atoms. The van der Waals surface area contributed by atoms with Gasteiger partial charge in [-0.05, 0) is 19.3 Å². The second kappa shape index (κ2) is 5.11. The number of piperidine rings is 1. The van der Waals surface area contributed by atoms with E-state index in [1.54, 1.807) is 16.8 Å². The summed E-state index contributed by atoms with van der Waals surface area (Å²) in [4.78, 5) is 55.1. The monoisotopic (exact) mass is 306 g/mol. The van der Waals surface area contributed by atoms with Crippen molar-refractivity contribution in [1.29, 1.82) is 0 Å². The molecule has 1 spiro atoms. The maximum absolute atomic E-state index is 12.4. The van der Waals surface area contributed by atoms with Crippen molar-refractivity contribution < 1.29 is 9.59 Å². The lowest BCUT2D eigenvalue weighted by Gasteiger charge is -2.37. The molecule has 0 aromatic carbocycles. The number of carbonyl (C=O) groups excluding carboxylic acids is 2. The topological polar surface area (TPSA) is 106 Å². The fraction of sp³-hybridized carbons (Fsp3) is 0.571. The van der Waals surface area contributed by atoms with Crippen LogP contribution in [0.5, 0.6) is 0 Å². The molecule has 8 nitrogen and oxygen atoms in total. The molecule has 0 bridgehead atoms. The zero-order valence-electron chi connectivity index (χ0n) is 12.3. The number of nitrogens with one attached hydrogen (secondary N) is 2. The van der Waals surface area contributed by atoms with E-state index >= 15 is 0 Å². The number of amides is 2. The smallest absolute Gasteiger partial charge is 0.326 e. The van der Waals surface area contributed by atoms with Crippen molar-refractivity contribution >= 4 is 11.8 Å². The number of H-pyrrole nitrogens is 2. The predicted molar refractivity (Wildman–Crippen MR) is 77.5 cm³/mol. The van der Waals surface area contributed by atoms with Crippen LogP contribution in [-0.4, -0.2) is 58.3 Å². The first-order valence-electron chi connectivity index (χ1n) is 7.30. The molecular formula is C14H18N4O4. The molecule has 3 heterocycles. The van der Waals surface area contributed by atoms with Crippen molar-refractivity contribution in [3.63, 3.8) is 0 Å². The minimum Gasteiger partial charge on any atom is -0.345 e. The van der Waals surface area contributed by atoms with E-state index in [2.05, 4.69) is 4.98 Å². The van der Waals surface area contributed by atoms with Gasteiger partial charge in [0.2, 0.25) is 5.91 Å². The van der Waals surface area contributed by atoms with Gasteiger partial charge >= 0.3 is 5.69 Å². The van der Waals surface area contributed by atoms with Gasteiger partial charge in [-0.1, -0.05) is 0 Å². The quantitative estimate of drug-likeness (QED) is 0.704. The van der Waals surface area contributed by atoms with Gasteiger partial charge in [-0.25, -0.2) is 4.79 Å². The fourth-order valence-corrected chi connectivity index (χ4v) is 3.45. The molecule has 118 valence electrons. The number of likely N-dealkylation sites (tertiary alicyclic amines) is 2. The molecule has 0 unspecified atom stereocenters. The molecule has 8 heteroatoms. The molecule has 2 aliphatic rings. The Morgan fingerprint density at radius 1 is 1.18 bits per heavy atom. The van der Waals surface area contributed by atoms with Gasteiger partial charge in [-0.15, -0.1) is 0 Å². The van der Waals surface area contributed by atoms with E-state index in [0.29, 0.717) is 19.5 Å². The second-order valence-corrected chi connectivity index (χ2v) is 6.09. The lowest BCUT2D eigenvalue weighted by molar-refractivity contribution is -0.143. The maximum Gasteiger partial charge on any atom is 0.326 e. The first-order chi connectivity index (χ1) is 10.4. The van der Waals surface area contributed by atoms with Crippen molar-refractivity contribution in [2.45, 2.75) is 19.3 Å². The highest BCUT2D eigenvalue weighted by Gasteiger charge is 2.48. The van der Waals surface area contributed by atoms with E-state index in [0.717, 1.165) is 25.5 Å². The van der Waals surface area contributed by atoms with Gasteiger partial charge in [0.05, 0.1) is 5.41 Å². The normalized spacial score (nSPS) is 25.0. The number of hydrogen-bond donors (Lipinski definition) is 2. The number of rotatable bonds is 1. The van der Waals surface area contributed by atoms with Crippen molar-refractivity contribution in [1.82, 2.24) is 19.8 Å². The molecule has 0 saturated carbocycles. The van der Waals surface area contributed by atoms with Crippen LogP contribution in [0, 0.1) is 5.41 Å². The minimum atomic E-state index is -0.710. The summed E-state index contributed by atoms with van der Waals surface area (Å²) in [6, 6.07) is 1.07. The van der Waals surface area contributed by atoms with Crippen molar-refractivity contribution in [3.05, 3.63) is 32.6 Å². The van der Waals surface area contributed by atoms with Gasteiger partial charge in [-0.3, -0.25) is 19.4 Å². The third kappa shape index (κ3) is 2.34. The molecule has 2 aliphatic heterocycles. The predicted octanol–water partition coefficient (Wildman–Crippen LogP) is -0.852. The van der Waals surface area contributed by atoms with Crippen molar-refractivity contribution in [3.8, 4) is 0 Å². The summed E-state index contributed by atoms with van der Waals surface area (Å²) < 4.78 is 0. The van der Waals surface area contributed by atoms with Gasteiger partial charge in [0.25, 0.3) is 11.5 Å². The fourth-order valence-electron chi connectivity index (χ4n) is 3.45. The molecule has 0 aliphatic carbocycles. The highest BCUT2D eigenvalue weighted by atomic mass is 16.2. The Labute approximate surface area is 126 Å². The minimum absolute atomic E-state index is 0.0394. The Hall–Kier alpha value is -2.38. The summed E-state index contributed by atoms with van der Waals surface area (Å²) in [5.74, 6) is -0.338. The van der Waals surface area contributed by atoms with Gasteiger partial charge in [0.15, 0.2) is 0 Å². The molecule has 2 amide bonds. The number of nitrogens with zero attached hydrogens (tertiary/aromatic N) is 2. The highest BCUT2D eigenvalue weighted by molar-refractivity contribution is 5.93. The average molecular weight is 306 g/mol. The van der Waals surface area contributed by atoms with Crippen LogP contribution in [0.2, 0.25) is 0 Å². The molecule has 3 rings (SSSR count). The van der Waals surface area contributed by atoms with E-state index in [-0.39, 0.29) is 11.6 Å². The zero-order valence-corrected chi connectivity index (χ0v) is 12.3. The maximum atomic E-state index is 12.4. The molecular weight excluding hydrogens is 288 g/mol. The van der Waals surface area contributed by atoms with Crippen LogP contribution >= 0.6 is 0 Å². The lowest BCUT2D eigenvalue weighted by atomic mass is 9.78. The van der Waals surface area contributed by atoms with E-state index in [4.69, 9.17) is 0 Å². The SMILES string of the molecule is CN1CCC[C@]2(CCN(C(=O)c3cc(=O)[nH]c(=O)[nH]3)C2)C1=O. The summed E-state index contributed by atoms with van der Waals surface area (Å²) >= 11 is 0. The first kappa shape index (κ1) is 14.6. The molecule has 2 fully saturated rings. The standard InChI is InChI=1S/C14H18N4O4/c1-17-5-2-3-14(12(17)21)4-6-18(8-14)11(20)9-7-10(19)16-13(22)15-9/h7H,2-6,8H2,1H3,(H2,15,16,19,22)/t14-/m1/s1. The number of carbonyl (C=O) groups is 2. The van der Waals surface area contributed by atoms with E-state index in [1.807, 2.05) is 4.98 Å². The van der Waals surface area contributed by atoms with Crippen LogP contribution in [0.3, 0.4) is 0 Å². The summed E-state index contributed by atoms with van der Waals surface area (Å²) in [5, 5.41) is 0. The third-order valence-corrected chi connectivity index (χ3v) is 4.58. The van der Waals surface area contributed by atoms with E-state index in [1.165, 1.54) is 0 Å². The van der Waals surface area contributed by atoms with Gasteiger partial charge in [-0.2, -0.15) is 0 Å². The zero-order chi connectivity index (χ0) is 15.9. The Morgan fingerprint density at radius 3 is 2.68 bits per heavy atom. The van der Waals surface area contributed by atoms with Crippen LogP contribution in [0.15, 0.2) is 15.7 Å². The first-order valence-corrected chi connectivity index (χ1v) is 7.30. The summed E-state index contributed by atoms with van der Waals surface area (Å²) in [6.45, 7) is 1.53. The van der Waals surface area contributed by atoms with Crippen LogP contribution in [0.1, 0.15) is 29.8 Å². The summed E-state index contributed by atoms with van der Waals surface area (Å²) in [7, 11) is 1.78. The molecule has 1 aromatic rings. The largest absolute Gasteiger partial charge is 0.345 e.